The van der Waals surface area contributed by atoms with E-state index in [0.717, 1.165) is 0 Å². The van der Waals surface area contributed by atoms with Crippen LogP contribution in [0.4, 0.5) is 0 Å². The summed E-state index contributed by atoms with van der Waals surface area (Å²) in [4.78, 5) is 13.1. The molecule has 3 N–H and O–H groups in total. The molecule has 1 aromatic heterocycles. The molecule has 0 saturated carbocycles. The van der Waals surface area contributed by atoms with Gasteiger partial charge >= 0.3 is 0 Å². The van der Waals surface area contributed by atoms with Gasteiger partial charge < -0.3 is 5.73 Å². The normalized spacial score (nSPS) is 19.9. The Hall–Kier alpha value is -0.960. The van der Waals surface area contributed by atoms with Crippen LogP contribution >= 0.6 is 11.3 Å². The number of primary amides is 1. The summed E-state index contributed by atoms with van der Waals surface area (Å²) in [5, 5.41) is 1.74. The molecule has 1 atom stereocenters. The van der Waals surface area contributed by atoms with Gasteiger partial charge in [-0.2, -0.15) is 0 Å². The second-order valence-corrected chi connectivity index (χ2v) is 7.83. The molecule has 2 heterocycles. The number of carbonyl (C=O) groups excluding carboxylic acids is 1. The summed E-state index contributed by atoms with van der Waals surface area (Å²) in [5.41, 5.74) is 5.28. The average Bonchev–Trinajstić information content (AvgIpc) is 2.93. The third kappa shape index (κ3) is 3.57. The SMILES string of the molecule is C[C@H](C(N)=O)N1CCC(NS(=O)(=O)c2cccs2)CC1. The van der Waals surface area contributed by atoms with E-state index < -0.39 is 10.0 Å². The molecule has 0 aliphatic carbocycles. The molecule has 0 bridgehead atoms. The van der Waals surface area contributed by atoms with Crippen LogP contribution in [0.3, 0.4) is 0 Å². The van der Waals surface area contributed by atoms with E-state index in [-0.39, 0.29) is 18.0 Å². The van der Waals surface area contributed by atoms with E-state index in [4.69, 9.17) is 5.73 Å². The van der Waals surface area contributed by atoms with Crippen LogP contribution in [-0.2, 0) is 14.8 Å². The molecular formula is C12H19N3O3S2. The van der Waals surface area contributed by atoms with Crippen LogP contribution in [0, 0.1) is 0 Å². The van der Waals surface area contributed by atoms with Gasteiger partial charge in [0.1, 0.15) is 4.21 Å². The summed E-state index contributed by atoms with van der Waals surface area (Å²) in [5.74, 6) is -0.345. The van der Waals surface area contributed by atoms with E-state index in [1.54, 1.807) is 24.4 Å². The van der Waals surface area contributed by atoms with Crippen molar-refractivity contribution in [2.24, 2.45) is 5.73 Å². The topological polar surface area (TPSA) is 92.5 Å². The van der Waals surface area contributed by atoms with Gasteiger partial charge in [-0.1, -0.05) is 6.07 Å². The van der Waals surface area contributed by atoms with E-state index in [9.17, 15) is 13.2 Å². The molecule has 1 aliphatic heterocycles. The fourth-order valence-corrected chi connectivity index (χ4v) is 4.59. The summed E-state index contributed by atoms with van der Waals surface area (Å²) in [6.07, 6.45) is 1.37. The summed E-state index contributed by atoms with van der Waals surface area (Å²) in [6, 6.07) is 2.93. The van der Waals surface area contributed by atoms with Crippen LogP contribution in [0.5, 0.6) is 0 Å². The van der Waals surface area contributed by atoms with Crippen molar-refractivity contribution in [3.05, 3.63) is 17.5 Å². The first kappa shape index (κ1) is 15.4. The fourth-order valence-electron chi connectivity index (χ4n) is 2.28. The van der Waals surface area contributed by atoms with Gasteiger partial charge in [-0.05, 0) is 31.2 Å². The van der Waals surface area contributed by atoms with E-state index in [2.05, 4.69) is 4.72 Å². The molecule has 1 fully saturated rings. The molecule has 6 nitrogen and oxygen atoms in total. The maximum Gasteiger partial charge on any atom is 0.250 e. The highest BCUT2D eigenvalue weighted by molar-refractivity contribution is 7.91. The molecule has 0 radical (unpaired) electrons. The molecule has 0 unspecified atom stereocenters. The third-order valence-electron chi connectivity index (χ3n) is 3.57. The van der Waals surface area contributed by atoms with Gasteiger partial charge in [-0.25, -0.2) is 13.1 Å². The van der Waals surface area contributed by atoms with Gasteiger partial charge in [0.05, 0.1) is 6.04 Å². The largest absolute Gasteiger partial charge is 0.368 e. The zero-order valence-corrected chi connectivity index (χ0v) is 12.9. The van der Waals surface area contributed by atoms with Crippen LogP contribution in [0.2, 0.25) is 0 Å². The minimum absolute atomic E-state index is 0.0848. The van der Waals surface area contributed by atoms with Gasteiger partial charge in [0.15, 0.2) is 0 Å². The highest BCUT2D eigenvalue weighted by Gasteiger charge is 2.28. The lowest BCUT2D eigenvalue weighted by Crippen LogP contribution is -2.50. The smallest absolute Gasteiger partial charge is 0.250 e. The second-order valence-electron chi connectivity index (χ2n) is 4.94. The van der Waals surface area contributed by atoms with Crippen LogP contribution in [0.15, 0.2) is 21.7 Å². The van der Waals surface area contributed by atoms with Crippen molar-refractivity contribution in [1.29, 1.82) is 0 Å². The number of sulfonamides is 1. The molecule has 1 aliphatic rings. The highest BCUT2D eigenvalue weighted by Crippen LogP contribution is 2.19. The molecule has 0 aromatic carbocycles. The molecule has 8 heteroatoms. The number of carbonyl (C=O) groups is 1. The quantitative estimate of drug-likeness (QED) is 0.820. The van der Waals surface area contributed by atoms with Crippen molar-refractivity contribution >= 4 is 27.3 Å². The summed E-state index contributed by atoms with van der Waals surface area (Å²) in [6.45, 7) is 3.11. The van der Waals surface area contributed by atoms with Gasteiger partial charge in [0, 0.05) is 19.1 Å². The number of amides is 1. The molecule has 1 saturated heterocycles. The average molecular weight is 317 g/mol. The number of likely N-dealkylation sites (tertiary alicyclic amines) is 1. The number of nitrogens with two attached hydrogens (primary N) is 1. The predicted molar refractivity (Wildman–Crippen MR) is 77.9 cm³/mol. The predicted octanol–water partition coefficient (Wildman–Crippen LogP) is 0.365. The third-order valence-corrected chi connectivity index (χ3v) is 6.49. The zero-order chi connectivity index (χ0) is 14.8. The number of nitrogens with one attached hydrogen (secondary N) is 1. The maximum absolute atomic E-state index is 12.1. The van der Waals surface area contributed by atoms with Crippen molar-refractivity contribution in [2.75, 3.05) is 13.1 Å². The number of piperidine rings is 1. The Bertz CT molecular complexity index is 549. The van der Waals surface area contributed by atoms with Gasteiger partial charge in [-0.15, -0.1) is 11.3 Å². The lowest BCUT2D eigenvalue weighted by atomic mass is 10.0. The molecular weight excluding hydrogens is 298 g/mol. The molecule has 20 heavy (non-hydrogen) atoms. The Balaban J connectivity index is 1.91. The lowest BCUT2D eigenvalue weighted by molar-refractivity contribution is -0.123. The zero-order valence-electron chi connectivity index (χ0n) is 11.3. The Labute approximate surface area is 123 Å². The first-order valence-electron chi connectivity index (χ1n) is 6.49. The summed E-state index contributed by atoms with van der Waals surface area (Å²) >= 11 is 1.21. The maximum atomic E-state index is 12.1. The minimum Gasteiger partial charge on any atom is -0.368 e. The number of thiophene rings is 1. The number of hydrogen-bond acceptors (Lipinski definition) is 5. The Morgan fingerprint density at radius 2 is 2.15 bits per heavy atom. The van der Waals surface area contributed by atoms with E-state index in [1.165, 1.54) is 11.3 Å². The molecule has 2 rings (SSSR count). The highest BCUT2D eigenvalue weighted by atomic mass is 32.2. The van der Waals surface area contributed by atoms with Crippen LogP contribution in [0.25, 0.3) is 0 Å². The number of nitrogens with zero attached hydrogens (tertiary/aromatic N) is 1. The Kier molecular flexibility index (Phi) is 4.79. The lowest BCUT2D eigenvalue weighted by Gasteiger charge is -2.34. The summed E-state index contributed by atoms with van der Waals surface area (Å²) < 4.78 is 27.3. The molecule has 112 valence electrons. The fraction of sp³-hybridized carbons (Fsp3) is 0.583. The standard InChI is InChI=1S/C12H19N3O3S2/c1-9(12(13)16)15-6-4-10(5-7-15)14-20(17,18)11-3-2-8-19-11/h2-3,8-10,14H,4-7H2,1H3,(H2,13,16)/t9-/m1/s1. The minimum atomic E-state index is -3.41. The number of hydrogen-bond donors (Lipinski definition) is 2. The van der Waals surface area contributed by atoms with E-state index in [0.29, 0.717) is 30.1 Å². The van der Waals surface area contributed by atoms with Crippen LogP contribution in [-0.4, -0.2) is 44.4 Å². The Morgan fingerprint density at radius 1 is 1.50 bits per heavy atom. The van der Waals surface area contributed by atoms with Crippen molar-refractivity contribution in [1.82, 2.24) is 9.62 Å². The van der Waals surface area contributed by atoms with Crippen molar-refractivity contribution in [3.8, 4) is 0 Å². The molecule has 1 aromatic rings. The van der Waals surface area contributed by atoms with E-state index in [1.807, 2.05) is 4.90 Å². The van der Waals surface area contributed by atoms with E-state index >= 15 is 0 Å². The monoisotopic (exact) mass is 317 g/mol. The first-order valence-corrected chi connectivity index (χ1v) is 8.85. The number of rotatable bonds is 5. The van der Waals surface area contributed by atoms with Crippen molar-refractivity contribution < 1.29 is 13.2 Å². The summed E-state index contributed by atoms with van der Waals surface area (Å²) in [7, 11) is -3.41. The van der Waals surface area contributed by atoms with Gasteiger partial charge in [0.25, 0.3) is 0 Å². The van der Waals surface area contributed by atoms with Crippen molar-refractivity contribution in [2.45, 2.75) is 36.1 Å². The van der Waals surface area contributed by atoms with Gasteiger partial charge in [0.2, 0.25) is 15.9 Å². The molecule has 1 amide bonds. The van der Waals surface area contributed by atoms with Crippen LogP contribution in [0.1, 0.15) is 19.8 Å². The Morgan fingerprint density at radius 3 is 2.65 bits per heavy atom. The second kappa shape index (κ2) is 6.21. The van der Waals surface area contributed by atoms with Gasteiger partial charge in [-0.3, -0.25) is 9.69 Å². The molecule has 0 spiro atoms. The van der Waals surface area contributed by atoms with Crippen LogP contribution < -0.4 is 10.5 Å². The van der Waals surface area contributed by atoms with Crippen molar-refractivity contribution in [3.63, 3.8) is 0 Å². The first-order chi connectivity index (χ1) is 9.40.